The summed E-state index contributed by atoms with van der Waals surface area (Å²) in [6.07, 6.45) is 0.601. The van der Waals surface area contributed by atoms with Gasteiger partial charge in [-0.25, -0.2) is 0 Å². The quantitative estimate of drug-likeness (QED) is 0.464. The Morgan fingerprint density at radius 2 is 1.93 bits per heavy atom. The van der Waals surface area contributed by atoms with Crippen molar-refractivity contribution in [2.45, 2.75) is 13.8 Å². The maximum atomic E-state index is 12.3. The van der Waals surface area contributed by atoms with Crippen LogP contribution in [0.25, 0.3) is 11.3 Å². The molecule has 3 aromatic rings. The normalized spacial score (nSPS) is 12.1. The molecule has 0 aliphatic carbocycles. The number of nitrogens with zero attached hydrogens (tertiary/aromatic N) is 2. The highest BCUT2D eigenvalue weighted by Crippen LogP contribution is 2.44. The van der Waals surface area contributed by atoms with E-state index in [1.165, 1.54) is 11.8 Å². The monoisotopic (exact) mass is 398 g/mol. The Hall–Kier alpha value is -3.32. The van der Waals surface area contributed by atoms with Crippen molar-refractivity contribution in [1.29, 1.82) is 0 Å². The number of carbonyl (C=O) groups excluding carboxylic acids is 2. The SMILES string of the molecule is CC(=O)c1cc2c(cc1N(C=O)c1c(-c3ccccc3Cl)noc1C)OCO2. The van der Waals surface area contributed by atoms with Gasteiger partial charge in [0.1, 0.15) is 11.4 Å². The average molecular weight is 399 g/mol. The van der Waals surface area contributed by atoms with Crippen molar-refractivity contribution < 1.29 is 23.6 Å². The molecule has 7 nitrogen and oxygen atoms in total. The minimum Gasteiger partial charge on any atom is -0.454 e. The summed E-state index contributed by atoms with van der Waals surface area (Å²) in [4.78, 5) is 25.7. The van der Waals surface area contributed by atoms with Gasteiger partial charge in [-0.1, -0.05) is 35.0 Å². The fourth-order valence-corrected chi connectivity index (χ4v) is 3.35. The highest BCUT2D eigenvalue weighted by Gasteiger charge is 2.28. The van der Waals surface area contributed by atoms with Gasteiger partial charge < -0.3 is 14.0 Å². The molecule has 142 valence electrons. The van der Waals surface area contributed by atoms with E-state index in [1.807, 2.05) is 6.07 Å². The zero-order valence-electron chi connectivity index (χ0n) is 15.1. The minimum absolute atomic E-state index is 0.0500. The number of amides is 1. The number of hydrogen-bond donors (Lipinski definition) is 0. The molecule has 1 aliphatic rings. The van der Waals surface area contributed by atoms with Crippen LogP contribution in [0.3, 0.4) is 0 Å². The second-order valence-corrected chi connectivity index (χ2v) is 6.58. The van der Waals surface area contributed by atoms with Crippen molar-refractivity contribution in [1.82, 2.24) is 5.16 Å². The van der Waals surface area contributed by atoms with Crippen molar-refractivity contribution in [2.24, 2.45) is 0 Å². The maximum absolute atomic E-state index is 12.3. The Morgan fingerprint density at radius 3 is 2.61 bits per heavy atom. The van der Waals surface area contributed by atoms with Gasteiger partial charge in [0, 0.05) is 17.2 Å². The molecule has 28 heavy (non-hydrogen) atoms. The third kappa shape index (κ3) is 2.90. The average Bonchev–Trinajstić information content (AvgIpc) is 3.29. The summed E-state index contributed by atoms with van der Waals surface area (Å²) >= 11 is 6.31. The first-order valence-corrected chi connectivity index (χ1v) is 8.79. The second-order valence-electron chi connectivity index (χ2n) is 6.17. The zero-order chi connectivity index (χ0) is 19.8. The Balaban J connectivity index is 1.93. The number of halogens is 1. The first-order chi connectivity index (χ1) is 13.5. The summed E-state index contributed by atoms with van der Waals surface area (Å²) in [5, 5.41) is 4.55. The molecule has 0 saturated heterocycles. The van der Waals surface area contributed by atoms with Gasteiger partial charge in [-0.2, -0.15) is 0 Å². The number of ketones is 1. The van der Waals surface area contributed by atoms with E-state index in [9.17, 15) is 9.59 Å². The molecule has 2 aromatic carbocycles. The number of rotatable bonds is 5. The van der Waals surface area contributed by atoms with E-state index in [0.717, 1.165) is 0 Å². The number of benzene rings is 2. The van der Waals surface area contributed by atoms with Gasteiger partial charge in [0.2, 0.25) is 13.2 Å². The van der Waals surface area contributed by atoms with E-state index >= 15 is 0 Å². The second kappa shape index (κ2) is 7.01. The summed E-state index contributed by atoms with van der Waals surface area (Å²) in [5.74, 6) is 1.07. The molecule has 0 fully saturated rings. The van der Waals surface area contributed by atoms with Crippen molar-refractivity contribution in [3.63, 3.8) is 0 Å². The Morgan fingerprint density at radius 1 is 1.21 bits per heavy atom. The van der Waals surface area contributed by atoms with Gasteiger partial charge in [-0.3, -0.25) is 14.5 Å². The van der Waals surface area contributed by atoms with Crippen LogP contribution in [0.1, 0.15) is 23.0 Å². The third-order valence-corrected chi connectivity index (χ3v) is 4.77. The maximum Gasteiger partial charge on any atom is 0.231 e. The summed E-state index contributed by atoms with van der Waals surface area (Å²) in [5.41, 5.74) is 2.04. The minimum atomic E-state index is -0.228. The lowest BCUT2D eigenvalue weighted by Crippen LogP contribution is -2.18. The Kier molecular flexibility index (Phi) is 4.52. The molecule has 1 aliphatic heterocycles. The number of aryl methyl sites for hydroxylation is 1. The molecule has 1 aromatic heterocycles. The highest BCUT2D eigenvalue weighted by molar-refractivity contribution is 6.33. The molecule has 1 amide bonds. The Bertz CT molecular complexity index is 1090. The lowest BCUT2D eigenvalue weighted by atomic mass is 10.0. The number of carbonyl (C=O) groups is 2. The molecule has 0 saturated carbocycles. The van der Waals surface area contributed by atoms with Gasteiger partial charge >= 0.3 is 0 Å². The number of Topliss-reactive ketones (excluding diaryl/α,β-unsaturated/α-hetero) is 1. The molecule has 8 heteroatoms. The lowest BCUT2D eigenvalue weighted by Gasteiger charge is -2.21. The van der Waals surface area contributed by atoms with E-state index in [-0.39, 0.29) is 12.6 Å². The Labute approximate surface area is 165 Å². The van der Waals surface area contributed by atoms with E-state index in [4.69, 9.17) is 25.6 Å². The summed E-state index contributed by atoms with van der Waals surface area (Å²) in [7, 11) is 0. The number of aromatic nitrogens is 1. The smallest absolute Gasteiger partial charge is 0.231 e. The van der Waals surface area contributed by atoms with Crippen LogP contribution < -0.4 is 14.4 Å². The van der Waals surface area contributed by atoms with E-state index in [1.54, 1.807) is 37.3 Å². The predicted octanol–water partition coefficient (Wildman–Crippen LogP) is 4.53. The fraction of sp³-hybridized carbons (Fsp3) is 0.150. The molecule has 0 bridgehead atoms. The first kappa shape index (κ1) is 18.1. The van der Waals surface area contributed by atoms with Gasteiger partial charge in [-0.05, 0) is 26.0 Å². The number of fused-ring (bicyclic) bond motifs is 1. The third-order valence-electron chi connectivity index (χ3n) is 4.44. The summed E-state index contributed by atoms with van der Waals surface area (Å²) < 4.78 is 16.1. The molecule has 0 unspecified atom stereocenters. The van der Waals surface area contributed by atoms with Gasteiger partial charge in [0.15, 0.2) is 23.0 Å². The van der Waals surface area contributed by atoms with Crippen LogP contribution in [0.15, 0.2) is 40.9 Å². The molecule has 0 radical (unpaired) electrons. The van der Waals surface area contributed by atoms with Crippen molar-refractivity contribution in [3.05, 3.63) is 52.7 Å². The number of ether oxygens (including phenoxy) is 2. The van der Waals surface area contributed by atoms with Gasteiger partial charge in [0.25, 0.3) is 0 Å². The molecule has 2 heterocycles. The van der Waals surface area contributed by atoms with Crippen LogP contribution in [0, 0.1) is 6.92 Å². The van der Waals surface area contributed by atoms with Crippen molar-refractivity contribution in [2.75, 3.05) is 11.7 Å². The largest absolute Gasteiger partial charge is 0.454 e. The number of anilines is 2. The van der Waals surface area contributed by atoms with Gasteiger partial charge in [-0.15, -0.1) is 0 Å². The van der Waals surface area contributed by atoms with E-state index < -0.39 is 0 Å². The number of hydrogen-bond acceptors (Lipinski definition) is 6. The standard InChI is InChI=1S/C20H15ClN2O5/c1-11(25)14-7-17-18(27-10-26-17)8-16(14)23(9-24)20-12(2)28-22-19(20)13-5-3-4-6-15(13)21/h3-9H,10H2,1-2H3. The predicted molar refractivity (Wildman–Crippen MR) is 102 cm³/mol. The first-order valence-electron chi connectivity index (χ1n) is 8.41. The van der Waals surface area contributed by atoms with Crippen LogP contribution in [-0.4, -0.2) is 24.1 Å². The van der Waals surface area contributed by atoms with Crippen LogP contribution >= 0.6 is 11.6 Å². The zero-order valence-corrected chi connectivity index (χ0v) is 15.8. The molecular weight excluding hydrogens is 384 g/mol. The van der Waals surface area contributed by atoms with Crippen molar-refractivity contribution in [3.8, 4) is 22.8 Å². The molecular formula is C20H15ClN2O5. The fourth-order valence-electron chi connectivity index (χ4n) is 3.12. The molecule has 0 spiro atoms. The van der Waals surface area contributed by atoms with E-state index in [2.05, 4.69) is 5.16 Å². The molecule has 0 N–H and O–H groups in total. The van der Waals surface area contributed by atoms with Crippen LogP contribution in [-0.2, 0) is 4.79 Å². The lowest BCUT2D eigenvalue weighted by molar-refractivity contribution is -0.106. The molecule has 4 rings (SSSR count). The van der Waals surface area contributed by atoms with Gasteiger partial charge in [0.05, 0.1) is 10.7 Å². The summed E-state index contributed by atoms with van der Waals surface area (Å²) in [6, 6.07) is 10.3. The van der Waals surface area contributed by atoms with Crippen LogP contribution in [0.2, 0.25) is 5.02 Å². The van der Waals surface area contributed by atoms with Crippen LogP contribution in [0.5, 0.6) is 11.5 Å². The molecule has 0 atom stereocenters. The highest BCUT2D eigenvalue weighted by atomic mass is 35.5. The van der Waals surface area contributed by atoms with E-state index in [0.29, 0.717) is 56.9 Å². The van der Waals surface area contributed by atoms with Crippen LogP contribution in [0.4, 0.5) is 11.4 Å². The summed E-state index contributed by atoms with van der Waals surface area (Å²) in [6.45, 7) is 3.15. The van der Waals surface area contributed by atoms with Crippen molar-refractivity contribution >= 4 is 35.2 Å². The topological polar surface area (TPSA) is 81.9 Å².